The van der Waals surface area contributed by atoms with Gasteiger partial charge in [-0.2, -0.15) is 0 Å². The molecular formula is C15H16BrNO. The molecule has 3 heteroatoms. The molecule has 2 rings (SSSR count). The number of halogens is 1. The highest BCUT2D eigenvalue weighted by Gasteiger charge is 2.18. The number of aliphatic hydroxyl groups excluding tert-OH is 1. The van der Waals surface area contributed by atoms with Crippen LogP contribution >= 0.6 is 15.9 Å². The summed E-state index contributed by atoms with van der Waals surface area (Å²) in [5.74, 6) is 0. The third kappa shape index (κ3) is 3.19. The average Bonchev–Trinajstić information content (AvgIpc) is 2.39. The van der Waals surface area contributed by atoms with E-state index in [0.29, 0.717) is 6.42 Å². The third-order valence-corrected chi connectivity index (χ3v) is 3.69. The minimum atomic E-state index is -0.592. The van der Waals surface area contributed by atoms with Gasteiger partial charge in [0.1, 0.15) is 0 Å². The van der Waals surface area contributed by atoms with E-state index in [9.17, 15) is 5.11 Å². The van der Waals surface area contributed by atoms with Crippen LogP contribution in [0.15, 0.2) is 59.1 Å². The van der Waals surface area contributed by atoms with Crippen LogP contribution in [0.25, 0.3) is 0 Å². The zero-order chi connectivity index (χ0) is 13.0. The number of rotatable bonds is 4. The van der Waals surface area contributed by atoms with Gasteiger partial charge in [0, 0.05) is 10.9 Å². The predicted molar refractivity (Wildman–Crippen MR) is 77.2 cm³/mol. The molecule has 2 aromatic carbocycles. The van der Waals surface area contributed by atoms with Crippen LogP contribution in [0.3, 0.4) is 0 Å². The molecule has 0 aromatic heterocycles. The fraction of sp³-hybridized carbons (Fsp3) is 0.200. The third-order valence-electron chi connectivity index (χ3n) is 2.97. The first-order valence-corrected chi connectivity index (χ1v) is 6.70. The van der Waals surface area contributed by atoms with Gasteiger partial charge < -0.3 is 10.8 Å². The Balaban J connectivity index is 2.10. The van der Waals surface area contributed by atoms with E-state index in [1.807, 2.05) is 54.6 Å². The molecule has 0 radical (unpaired) electrons. The van der Waals surface area contributed by atoms with Crippen LogP contribution in [0.2, 0.25) is 0 Å². The fourth-order valence-electron chi connectivity index (χ4n) is 1.94. The van der Waals surface area contributed by atoms with Crippen LogP contribution in [0.5, 0.6) is 0 Å². The molecule has 0 saturated heterocycles. The highest BCUT2D eigenvalue weighted by Crippen LogP contribution is 2.25. The van der Waals surface area contributed by atoms with Crippen molar-refractivity contribution in [3.05, 3.63) is 70.2 Å². The first-order chi connectivity index (χ1) is 8.68. The molecular weight excluding hydrogens is 290 g/mol. The molecule has 0 aliphatic heterocycles. The molecule has 0 unspecified atom stereocenters. The van der Waals surface area contributed by atoms with Gasteiger partial charge in [0.15, 0.2) is 0 Å². The summed E-state index contributed by atoms with van der Waals surface area (Å²) < 4.78 is 0.935. The maximum absolute atomic E-state index is 10.2. The zero-order valence-electron chi connectivity index (χ0n) is 9.96. The molecule has 3 N–H and O–H groups in total. The van der Waals surface area contributed by atoms with E-state index in [2.05, 4.69) is 15.9 Å². The summed E-state index contributed by atoms with van der Waals surface area (Å²) in [5, 5.41) is 10.2. The molecule has 0 heterocycles. The van der Waals surface area contributed by atoms with Crippen LogP contribution in [0.4, 0.5) is 0 Å². The van der Waals surface area contributed by atoms with Gasteiger partial charge in [0.2, 0.25) is 0 Å². The largest absolute Gasteiger partial charge is 0.391 e. The van der Waals surface area contributed by atoms with E-state index in [-0.39, 0.29) is 6.04 Å². The SMILES string of the molecule is N[C@@H](c1ccccc1Br)[C@H](O)Cc1ccccc1. The second-order valence-corrected chi connectivity index (χ2v) is 5.16. The van der Waals surface area contributed by atoms with Gasteiger partial charge >= 0.3 is 0 Å². The Morgan fingerprint density at radius 2 is 1.61 bits per heavy atom. The molecule has 18 heavy (non-hydrogen) atoms. The van der Waals surface area contributed by atoms with Crippen molar-refractivity contribution in [1.82, 2.24) is 0 Å². The van der Waals surface area contributed by atoms with Gasteiger partial charge in [-0.1, -0.05) is 64.5 Å². The van der Waals surface area contributed by atoms with E-state index >= 15 is 0 Å². The number of benzene rings is 2. The van der Waals surface area contributed by atoms with Gasteiger partial charge in [-0.25, -0.2) is 0 Å². The number of hydrogen-bond acceptors (Lipinski definition) is 2. The molecule has 0 bridgehead atoms. The van der Waals surface area contributed by atoms with Crippen molar-refractivity contribution in [2.75, 3.05) is 0 Å². The summed E-state index contributed by atoms with van der Waals surface area (Å²) in [4.78, 5) is 0. The van der Waals surface area contributed by atoms with E-state index in [1.165, 1.54) is 0 Å². The Bertz CT molecular complexity index is 501. The summed E-state index contributed by atoms with van der Waals surface area (Å²) in [5.41, 5.74) is 8.13. The summed E-state index contributed by atoms with van der Waals surface area (Å²) in [7, 11) is 0. The zero-order valence-corrected chi connectivity index (χ0v) is 11.5. The van der Waals surface area contributed by atoms with Gasteiger partial charge in [0.25, 0.3) is 0 Å². The predicted octanol–water partition coefficient (Wildman–Crippen LogP) is 3.05. The average molecular weight is 306 g/mol. The van der Waals surface area contributed by atoms with Crippen molar-refractivity contribution in [2.45, 2.75) is 18.6 Å². The Hall–Kier alpha value is -1.16. The summed E-state index contributed by atoms with van der Waals surface area (Å²) in [6.07, 6.45) is -0.0327. The minimum Gasteiger partial charge on any atom is -0.391 e. The van der Waals surface area contributed by atoms with Crippen LogP contribution in [-0.4, -0.2) is 11.2 Å². The van der Waals surface area contributed by atoms with E-state index in [1.54, 1.807) is 0 Å². The molecule has 0 amide bonds. The number of nitrogens with two attached hydrogens (primary N) is 1. The van der Waals surface area contributed by atoms with Gasteiger partial charge in [0.05, 0.1) is 12.1 Å². The lowest BCUT2D eigenvalue weighted by Crippen LogP contribution is -2.28. The molecule has 0 spiro atoms. The Morgan fingerprint density at radius 1 is 1.00 bits per heavy atom. The fourth-order valence-corrected chi connectivity index (χ4v) is 2.48. The number of aliphatic hydroxyl groups is 1. The van der Waals surface area contributed by atoms with Gasteiger partial charge in [-0.15, -0.1) is 0 Å². The maximum atomic E-state index is 10.2. The molecule has 2 atom stereocenters. The van der Waals surface area contributed by atoms with E-state index in [4.69, 9.17) is 5.73 Å². The Labute approximate surface area is 116 Å². The van der Waals surface area contributed by atoms with Crippen molar-refractivity contribution >= 4 is 15.9 Å². The summed E-state index contributed by atoms with van der Waals surface area (Å²) in [6, 6.07) is 17.2. The standard InChI is InChI=1S/C15H16BrNO/c16-13-9-5-4-8-12(13)15(17)14(18)10-11-6-2-1-3-7-11/h1-9,14-15,18H,10,17H2/t14-,15+/m1/s1. The van der Waals surface area contributed by atoms with E-state index < -0.39 is 6.10 Å². The lowest BCUT2D eigenvalue weighted by atomic mass is 9.97. The van der Waals surface area contributed by atoms with E-state index in [0.717, 1.165) is 15.6 Å². The Morgan fingerprint density at radius 3 is 2.28 bits per heavy atom. The monoisotopic (exact) mass is 305 g/mol. The first kappa shape index (κ1) is 13.3. The quantitative estimate of drug-likeness (QED) is 0.912. The topological polar surface area (TPSA) is 46.2 Å². The molecule has 2 nitrogen and oxygen atoms in total. The number of hydrogen-bond donors (Lipinski definition) is 2. The maximum Gasteiger partial charge on any atom is 0.0773 e. The first-order valence-electron chi connectivity index (χ1n) is 5.90. The van der Waals surface area contributed by atoms with Gasteiger partial charge in [-0.05, 0) is 17.2 Å². The normalized spacial score (nSPS) is 14.2. The lowest BCUT2D eigenvalue weighted by Gasteiger charge is -2.20. The molecule has 94 valence electrons. The van der Waals surface area contributed by atoms with Crippen LogP contribution in [0.1, 0.15) is 17.2 Å². The molecule has 0 saturated carbocycles. The van der Waals surface area contributed by atoms with Crippen LogP contribution < -0.4 is 5.73 Å². The lowest BCUT2D eigenvalue weighted by molar-refractivity contribution is 0.145. The van der Waals surface area contributed by atoms with Crippen molar-refractivity contribution in [1.29, 1.82) is 0 Å². The van der Waals surface area contributed by atoms with Crippen molar-refractivity contribution in [3.63, 3.8) is 0 Å². The highest BCUT2D eigenvalue weighted by molar-refractivity contribution is 9.10. The highest BCUT2D eigenvalue weighted by atomic mass is 79.9. The van der Waals surface area contributed by atoms with Crippen molar-refractivity contribution in [2.24, 2.45) is 5.73 Å². The molecule has 0 aliphatic rings. The van der Waals surface area contributed by atoms with Crippen molar-refractivity contribution < 1.29 is 5.11 Å². The smallest absolute Gasteiger partial charge is 0.0773 e. The van der Waals surface area contributed by atoms with Crippen molar-refractivity contribution in [3.8, 4) is 0 Å². The minimum absolute atomic E-state index is 0.388. The molecule has 0 aliphatic carbocycles. The molecule has 2 aromatic rings. The summed E-state index contributed by atoms with van der Waals surface area (Å²) in [6.45, 7) is 0. The molecule has 0 fully saturated rings. The second kappa shape index (κ2) is 6.14. The summed E-state index contributed by atoms with van der Waals surface area (Å²) >= 11 is 3.46. The Kier molecular flexibility index (Phi) is 4.53. The second-order valence-electron chi connectivity index (χ2n) is 4.30. The van der Waals surface area contributed by atoms with Gasteiger partial charge in [-0.3, -0.25) is 0 Å². The van der Waals surface area contributed by atoms with Crippen LogP contribution in [0, 0.1) is 0 Å². The van der Waals surface area contributed by atoms with Crippen LogP contribution in [-0.2, 0) is 6.42 Å².